The average Bonchev–Trinajstić information content (AvgIpc) is 2.17. The lowest BCUT2D eigenvalue weighted by Gasteiger charge is -2.28. The molecule has 3 unspecified atom stereocenters. The van der Waals surface area contributed by atoms with Crippen LogP contribution >= 0.6 is 15.9 Å². The van der Waals surface area contributed by atoms with E-state index in [9.17, 15) is 0 Å². The average molecular weight is 263 g/mol. The predicted octanol–water partition coefficient (Wildman–Crippen LogP) is 4.15. The van der Waals surface area contributed by atoms with E-state index in [1.54, 1.807) is 0 Å². The largest absolute Gasteiger partial charge is 0.377 e. The molecule has 0 bridgehead atoms. The van der Waals surface area contributed by atoms with Crippen LogP contribution in [0.25, 0.3) is 0 Å². The van der Waals surface area contributed by atoms with Gasteiger partial charge in [-0.1, -0.05) is 49.0 Å². The van der Waals surface area contributed by atoms with Crippen LogP contribution in [0.4, 0.5) is 0 Å². The Labute approximate surface area is 96.7 Å². The molecule has 1 saturated carbocycles. The van der Waals surface area contributed by atoms with Crippen molar-refractivity contribution in [3.8, 4) is 0 Å². The Morgan fingerprint density at radius 3 is 2.71 bits per heavy atom. The Balaban J connectivity index is 2.15. The number of rotatable bonds is 5. The molecule has 1 aliphatic rings. The van der Waals surface area contributed by atoms with Crippen LogP contribution in [0.2, 0.25) is 0 Å². The third kappa shape index (κ3) is 4.31. The zero-order valence-corrected chi connectivity index (χ0v) is 11.1. The van der Waals surface area contributed by atoms with Crippen LogP contribution in [-0.2, 0) is 4.74 Å². The van der Waals surface area contributed by atoms with Crippen molar-refractivity contribution in [1.29, 1.82) is 0 Å². The Hall–Kier alpha value is 0.440. The standard InChI is InChI=1S/C12H23BrO/c1-3-6-10(2)9-14-12-8-5-4-7-11(12)13/h10-12H,3-9H2,1-2H3. The van der Waals surface area contributed by atoms with Gasteiger partial charge in [0.05, 0.1) is 6.10 Å². The van der Waals surface area contributed by atoms with E-state index in [1.165, 1.54) is 38.5 Å². The second-order valence-electron chi connectivity index (χ2n) is 4.57. The summed E-state index contributed by atoms with van der Waals surface area (Å²) in [7, 11) is 0. The Morgan fingerprint density at radius 2 is 2.07 bits per heavy atom. The van der Waals surface area contributed by atoms with E-state index in [0.29, 0.717) is 10.9 Å². The van der Waals surface area contributed by atoms with Gasteiger partial charge in [0.1, 0.15) is 0 Å². The quantitative estimate of drug-likeness (QED) is 0.677. The van der Waals surface area contributed by atoms with Gasteiger partial charge in [0.25, 0.3) is 0 Å². The first-order chi connectivity index (χ1) is 6.74. The minimum Gasteiger partial charge on any atom is -0.377 e. The van der Waals surface area contributed by atoms with Gasteiger partial charge in [-0.3, -0.25) is 0 Å². The lowest BCUT2D eigenvalue weighted by Crippen LogP contribution is -2.29. The molecule has 0 aromatic carbocycles. The molecule has 0 heterocycles. The summed E-state index contributed by atoms with van der Waals surface area (Å²) < 4.78 is 5.96. The van der Waals surface area contributed by atoms with Crippen LogP contribution in [0.3, 0.4) is 0 Å². The van der Waals surface area contributed by atoms with Gasteiger partial charge in [-0.15, -0.1) is 0 Å². The molecular formula is C12H23BrO. The lowest BCUT2D eigenvalue weighted by atomic mass is 9.97. The van der Waals surface area contributed by atoms with Crippen molar-refractivity contribution in [3.63, 3.8) is 0 Å². The molecule has 0 spiro atoms. The molecule has 1 nitrogen and oxygen atoms in total. The van der Waals surface area contributed by atoms with Gasteiger partial charge in [-0.2, -0.15) is 0 Å². The van der Waals surface area contributed by atoms with Gasteiger partial charge in [0, 0.05) is 11.4 Å². The molecule has 0 radical (unpaired) electrons. The molecule has 0 saturated heterocycles. The highest BCUT2D eigenvalue weighted by Crippen LogP contribution is 2.27. The van der Waals surface area contributed by atoms with E-state index < -0.39 is 0 Å². The van der Waals surface area contributed by atoms with E-state index in [1.807, 2.05) is 0 Å². The lowest BCUT2D eigenvalue weighted by molar-refractivity contribution is 0.0147. The summed E-state index contributed by atoms with van der Waals surface area (Å²) in [6.45, 7) is 5.47. The van der Waals surface area contributed by atoms with Crippen molar-refractivity contribution in [3.05, 3.63) is 0 Å². The SMILES string of the molecule is CCCC(C)COC1CCCCC1Br. The normalized spacial score (nSPS) is 30.2. The topological polar surface area (TPSA) is 9.23 Å². The van der Waals surface area contributed by atoms with E-state index in [0.717, 1.165) is 12.5 Å². The first kappa shape index (κ1) is 12.5. The van der Waals surface area contributed by atoms with Crippen LogP contribution < -0.4 is 0 Å². The number of ether oxygens (including phenoxy) is 1. The van der Waals surface area contributed by atoms with Gasteiger partial charge >= 0.3 is 0 Å². The van der Waals surface area contributed by atoms with Crippen molar-refractivity contribution in [1.82, 2.24) is 0 Å². The first-order valence-corrected chi connectivity index (χ1v) is 6.91. The molecule has 0 N–H and O–H groups in total. The predicted molar refractivity (Wildman–Crippen MR) is 65.0 cm³/mol. The third-order valence-electron chi connectivity index (χ3n) is 3.00. The summed E-state index contributed by atoms with van der Waals surface area (Å²) in [5, 5.41) is 0. The second-order valence-corrected chi connectivity index (χ2v) is 5.74. The maximum Gasteiger partial charge on any atom is 0.0700 e. The van der Waals surface area contributed by atoms with Gasteiger partial charge in [0.2, 0.25) is 0 Å². The highest BCUT2D eigenvalue weighted by molar-refractivity contribution is 9.09. The third-order valence-corrected chi connectivity index (χ3v) is 4.05. The Bertz CT molecular complexity index is 149. The molecule has 3 atom stereocenters. The molecule has 0 aromatic rings. The van der Waals surface area contributed by atoms with Crippen molar-refractivity contribution < 1.29 is 4.74 Å². The van der Waals surface area contributed by atoms with Gasteiger partial charge in [-0.05, 0) is 25.2 Å². The summed E-state index contributed by atoms with van der Waals surface area (Å²) in [4.78, 5) is 0.602. The molecule has 0 amide bonds. The monoisotopic (exact) mass is 262 g/mol. The maximum absolute atomic E-state index is 5.96. The fourth-order valence-corrected chi connectivity index (χ4v) is 2.84. The molecule has 1 aliphatic carbocycles. The van der Waals surface area contributed by atoms with Crippen LogP contribution in [-0.4, -0.2) is 17.5 Å². The summed E-state index contributed by atoms with van der Waals surface area (Å²) in [5.41, 5.74) is 0. The van der Waals surface area contributed by atoms with Crippen molar-refractivity contribution >= 4 is 15.9 Å². The fourth-order valence-electron chi connectivity index (χ4n) is 2.10. The van der Waals surface area contributed by atoms with Crippen molar-refractivity contribution in [2.75, 3.05) is 6.61 Å². The molecule has 0 aromatic heterocycles. The molecule has 0 aliphatic heterocycles. The Morgan fingerprint density at radius 1 is 1.36 bits per heavy atom. The number of halogens is 1. The number of alkyl halides is 1. The molecule has 2 heteroatoms. The van der Waals surface area contributed by atoms with Gasteiger partial charge < -0.3 is 4.74 Å². The van der Waals surface area contributed by atoms with Crippen molar-refractivity contribution in [2.24, 2.45) is 5.92 Å². The highest BCUT2D eigenvalue weighted by Gasteiger charge is 2.23. The summed E-state index contributed by atoms with van der Waals surface area (Å²) >= 11 is 3.72. The first-order valence-electron chi connectivity index (χ1n) is 5.99. The van der Waals surface area contributed by atoms with E-state index in [2.05, 4.69) is 29.8 Å². The highest BCUT2D eigenvalue weighted by atomic mass is 79.9. The van der Waals surface area contributed by atoms with E-state index in [-0.39, 0.29) is 0 Å². The minimum atomic E-state index is 0.475. The minimum absolute atomic E-state index is 0.475. The van der Waals surface area contributed by atoms with E-state index >= 15 is 0 Å². The molecule has 84 valence electrons. The van der Waals surface area contributed by atoms with Crippen LogP contribution in [0.5, 0.6) is 0 Å². The zero-order valence-electron chi connectivity index (χ0n) is 9.47. The molecule has 1 fully saturated rings. The summed E-state index contributed by atoms with van der Waals surface area (Å²) in [5.74, 6) is 0.724. The van der Waals surface area contributed by atoms with Gasteiger partial charge in [-0.25, -0.2) is 0 Å². The molecular weight excluding hydrogens is 240 g/mol. The zero-order chi connectivity index (χ0) is 10.4. The second kappa shape index (κ2) is 6.84. The molecule has 14 heavy (non-hydrogen) atoms. The maximum atomic E-state index is 5.96. The number of hydrogen-bond donors (Lipinski definition) is 0. The number of hydrogen-bond acceptors (Lipinski definition) is 1. The molecule has 1 rings (SSSR count). The van der Waals surface area contributed by atoms with Crippen LogP contribution in [0.15, 0.2) is 0 Å². The summed E-state index contributed by atoms with van der Waals surface area (Å²) in [6.07, 6.45) is 8.27. The summed E-state index contributed by atoms with van der Waals surface area (Å²) in [6, 6.07) is 0. The fraction of sp³-hybridized carbons (Fsp3) is 1.00. The smallest absolute Gasteiger partial charge is 0.0700 e. The van der Waals surface area contributed by atoms with Crippen molar-refractivity contribution in [2.45, 2.75) is 63.3 Å². The Kier molecular flexibility index (Phi) is 6.11. The van der Waals surface area contributed by atoms with E-state index in [4.69, 9.17) is 4.74 Å². The van der Waals surface area contributed by atoms with Gasteiger partial charge in [0.15, 0.2) is 0 Å². The van der Waals surface area contributed by atoms with Crippen LogP contribution in [0.1, 0.15) is 52.4 Å². The van der Waals surface area contributed by atoms with Crippen LogP contribution in [0, 0.1) is 5.92 Å².